The van der Waals surface area contributed by atoms with Crippen LogP contribution >= 0.6 is 0 Å². The molecule has 1 saturated carbocycles. The smallest absolute Gasteiger partial charge is 0.0440 e. The Hall–Kier alpha value is 0. The molecule has 0 nitrogen and oxygen atoms in total. The van der Waals surface area contributed by atoms with Crippen molar-refractivity contribution in [2.75, 3.05) is 0 Å². The second kappa shape index (κ2) is 17.4. The third-order valence-corrected chi connectivity index (χ3v) is 5.24. The summed E-state index contributed by atoms with van der Waals surface area (Å²) in [6, 6.07) is 0. The quantitative estimate of drug-likeness (QED) is 0.431. The van der Waals surface area contributed by atoms with E-state index in [1.807, 2.05) is 13.8 Å². The van der Waals surface area contributed by atoms with Crippen molar-refractivity contribution in [1.82, 2.24) is 0 Å². The van der Waals surface area contributed by atoms with Gasteiger partial charge in [0.1, 0.15) is 0 Å². The maximum atomic E-state index is 2.39. The molecule has 0 N–H and O–H groups in total. The Labute approximate surface area is 143 Å². The molecule has 4 atom stereocenters. The van der Waals surface area contributed by atoms with E-state index in [1.165, 1.54) is 64.2 Å². The highest BCUT2D eigenvalue weighted by Crippen LogP contribution is 2.26. The van der Waals surface area contributed by atoms with Crippen LogP contribution < -0.4 is 0 Å². The Morgan fingerprint density at radius 1 is 0.773 bits per heavy atom. The molecular formula is C22H48. The molecule has 0 heteroatoms. The molecule has 1 fully saturated rings. The van der Waals surface area contributed by atoms with Crippen molar-refractivity contribution >= 4 is 0 Å². The topological polar surface area (TPSA) is 0 Å². The first kappa shape index (κ1) is 24.3. The zero-order valence-electron chi connectivity index (χ0n) is 17.4. The molecule has 136 valence electrons. The average molecular weight is 313 g/mol. The molecule has 22 heavy (non-hydrogen) atoms. The van der Waals surface area contributed by atoms with Crippen molar-refractivity contribution in [3.63, 3.8) is 0 Å². The minimum atomic E-state index is 0.944. The van der Waals surface area contributed by atoms with Gasteiger partial charge in [-0.05, 0) is 30.1 Å². The van der Waals surface area contributed by atoms with Crippen LogP contribution in [0.3, 0.4) is 0 Å². The molecule has 4 unspecified atom stereocenters. The van der Waals surface area contributed by atoms with Crippen molar-refractivity contribution in [2.45, 2.75) is 120 Å². The minimum absolute atomic E-state index is 0.944. The Balaban J connectivity index is 0. The molecule has 0 bridgehead atoms. The fraction of sp³-hybridized carbons (Fsp3) is 1.00. The lowest BCUT2D eigenvalue weighted by Gasteiger charge is -2.10. The van der Waals surface area contributed by atoms with Crippen molar-refractivity contribution in [1.29, 1.82) is 0 Å². The summed E-state index contributed by atoms with van der Waals surface area (Å²) in [4.78, 5) is 0. The van der Waals surface area contributed by atoms with Gasteiger partial charge in [0.25, 0.3) is 0 Å². The van der Waals surface area contributed by atoms with E-state index in [9.17, 15) is 0 Å². The Bertz CT molecular complexity index is 176. The first-order valence-electron chi connectivity index (χ1n) is 10.5. The summed E-state index contributed by atoms with van der Waals surface area (Å²) >= 11 is 0. The zero-order chi connectivity index (χ0) is 17.4. The Morgan fingerprint density at radius 3 is 1.45 bits per heavy atom. The summed E-state index contributed by atoms with van der Waals surface area (Å²) in [7, 11) is 0. The zero-order valence-corrected chi connectivity index (χ0v) is 17.4. The predicted molar refractivity (Wildman–Crippen MR) is 106 cm³/mol. The highest BCUT2D eigenvalue weighted by Gasteiger charge is 2.12. The lowest BCUT2D eigenvalue weighted by Crippen LogP contribution is -1.97. The van der Waals surface area contributed by atoms with Crippen molar-refractivity contribution < 1.29 is 0 Å². The van der Waals surface area contributed by atoms with Gasteiger partial charge < -0.3 is 0 Å². The van der Waals surface area contributed by atoms with E-state index < -0.39 is 0 Å². The molecule has 0 amide bonds. The van der Waals surface area contributed by atoms with Gasteiger partial charge >= 0.3 is 0 Å². The molecule has 0 heterocycles. The van der Waals surface area contributed by atoms with Crippen LogP contribution in [0.25, 0.3) is 0 Å². The van der Waals surface area contributed by atoms with Gasteiger partial charge in [-0.2, -0.15) is 0 Å². The summed E-state index contributed by atoms with van der Waals surface area (Å²) < 4.78 is 0. The van der Waals surface area contributed by atoms with E-state index in [1.54, 1.807) is 0 Å². The van der Waals surface area contributed by atoms with Gasteiger partial charge in [0.2, 0.25) is 0 Å². The maximum absolute atomic E-state index is 2.39. The molecule has 0 saturated heterocycles. The second-order valence-electron chi connectivity index (χ2n) is 7.69. The van der Waals surface area contributed by atoms with E-state index in [0.29, 0.717) is 0 Å². The van der Waals surface area contributed by atoms with Crippen molar-refractivity contribution in [2.24, 2.45) is 23.7 Å². The third-order valence-electron chi connectivity index (χ3n) is 5.24. The summed E-state index contributed by atoms with van der Waals surface area (Å²) in [5.74, 6) is 3.89. The normalized spacial score (nSPS) is 24.0. The van der Waals surface area contributed by atoms with Gasteiger partial charge in [0, 0.05) is 0 Å². The molecule has 1 rings (SSSR count). The maximum Gasteiger partial charge on any atom is -0.0440 e. The number of hydrogen-bond acceptors (Lipinski definition) is 0. The molecule has 0 aliphatic heterocycles. The lowest BCUT2D eigenvalue weighted by molar-refractivity contribution is 0.423. The number of rotatable bonds is 6. The van der Waals surface area contributed by atoms with Crippen molar-refractivity contribution in [3.8, 4) is 0 Å². The molecule has 1 aliphatic rings. The van der Waals surface area contributed by atoms with Crippen LogP contribution in [0.1, 0.15) is 120 Å². The van der Waals surface area contributed by atoms with Crippen LogP contribution in [0.2, 0.25) is 0 Å². The fourth-order valence-corrected chi connectivity index (χ4v) is 3.13. The minimum Gasteiger partial charge on any atom is -0.0683 e. The van der Waals surface area contributed by atoms with Crippen LogP contribution in [0.5, 0.6) is 0 Å². The highest BCUT2D eigenvalue weighted by molar-refractivity contribution is 4.64. The summed E-state index contributed by atoms with van der Waals surface area (Å²) in [6.07, 6.45) is 14.4. The summed E-state index contributed by atoms with van der Waals surface area (Å²) in [5, 5.41) is 0. The van der Waals surface area contributed by atoms with E-state index in [2.05, 4.69) is 41.5 Å². The first-order chi connectivity index (χ1) is 10.5. The van der Waals surface area contributed by atoms with Gasteiger partial charge in [0.15, 0.2) is 0 Å². The average Bonchev–Trinajstić information content (AvgIpc) is 2.72. The standard InChI is InChI=1S/C11H24.C9H18.C2H6/c1-5-10(3)8-7-9-11(4)6-2;1-8-5-3-4-6-9(2)7-8;1-2/h10-11H,5-9H2,1-4H3;8-9H,3-7H2,1-2H3;1-2H3. The molecule has 0 spiro atoms. The summed E-state index contributed by atoms with van der Waals surface area (Å²) in [6.45, 7) is 18.1. The van der Waals surface area contributed by atoms with Crippen LogP contribution in [0.15, 0.2) is 0 Å². The predicted octanol–water partition coefficient (Wildman–Crippen LogP) is 8.50. The van der Waals surface area contributed by atoms with E-state index >= 15 is 0 Å². The highest BCUT2D eigenvalue weighted by atomic mass is 14.2. The molecular weight excluding hydrogens is 264 g/mol. The Morgan fingerprint density at radius 2 is 1.14 bits per heavy atom. The molecule has 1 aliphatic carbocycles. The Kier molecular flexibility index (Phi) is 19.1. The van der Waals surface area contributed by atoms with Gasteiger partial charge in [-0.15, -0.1) is 0 Å². The van der Waals surface area contributed by atoms with Crippen LogP contribution in [-0.4, -0.2) is 0 Å². The SMILES string of the molecule is CC.CC1CCCCC(C)C1.CCC(C)CCCC(C)CC. The second-order valence-corrected chi connectivity index (χ2v) is 7.69. The van der Waals surface area contributed by atoms with Crippen LogP contribution in [-0.2, 0) is 0 Å². The molecule has 0 aromatic heterocycles. The van der Waals surface area contributed by atoms with Crippen LogP contribution in [0.4, 0.5) is 0 Å². The van der Waals surface area contributed by atoms with Gasteiger partial charge in [-0.1, -0.05) is 113 Å². The van der Waals surface area contributed by atoms with Gasteiger partial charge in [-0.25, -0.2) is 0 Å². The van der Waals surface area contributed by atoms with E-state index in [-0.39, 0.29) is 0 Å². The first-order valence-corrected chi connectivity index (χ1v) is 10.5. The van der Waals surface area contributed by atoms with E-state index in [4.69, 9.17) is 0 Å². The molecule has 0 radical (unpaired) electrons. The molecule has 0 aromatic rings. The van der Waals surface area contributed by atoms with E-state index in [0.717, 1.165) is 23.7 Å². The molecule has 0 aromatic carbocycles. The van der Waals surface area contributed by atoms with Gasteiger partial charge in [-0.3, -0.25) is 0 Å². The third kappa shape index (κ3) is 16.4. The largest absolute Gasteiger partial charge is 0.0683 e. The van der Waals surface area contributed by atoms with Crippen molar-refractivity contribution in [3.05, 3.63) is 0 Å². The monoisotopic (exact) mass is 312 g/mol. The van der Waals surface area contributed by atoms with Gasteiger partial charge in [0.05, 0.1) is 0 Å². The lowest BCUT2D eigenvalue weighted by atomic mass is 9.96. The summed E-state index contributed by atoms with van der Waals surface area (Å²) in [5.41, 5.74) is 0. The number of hydrogen-bond donors (Lipinski definition) is 0. The van der Waals surface area contributed by atoms with Crippen LogP contribution in [0, 0.1) is 23.7 Å². The fourth-order valence-electron chi connectivity index (χ4n) is 3.13.